The summed E-state index contributed by atoms with van der Waals surface area (Å²) in [6.07, 6.45) is 0. The number of fused-ring (bicyclic) bond motifs is 1. The number of anilines is 2. The fraction of sp³-hybridized carbons (Fsp3) is 0.0833. The normalized spacial score (nSPS) is 11.0. The third kappa shape index (κ3) is 1.81. The summed E-state index contributed by atoms with van der Waals surface area (Å²) in [5, 5.41) is 14.8. The van der Waals surface area contributed by atoms with E-state index in [9.17, 15) is 5.11 Å². The van der Waals surface area contributed by atoms with Gasteiger partial charge >= 0.3 is 0 Å². The number of rotatable bonds is 2. The van der Waals surface area contributed by atoms with Crippen molar-refractivity contribution in [1.29, 1.82) is 0 Å². The van der Waals surface area contributed by atoms with Gasteiger partial charge in [-0.1, -0.05) is 17.7 Å². The molecule has 1 aromatic carbocycles. The van der Waals surface area contributed by atoms with Crippen LogP contribution in [0.1, 0.15) is 5.56 Å². The molecule has 6 heteroatoms. The maximum Gasteiger partial charge on any atom is 0.205 e. The molecule has 4 nitrogen and oxygen atoms in total. The van der Waals surface area contributed by atoms with Crippen LogP contribution < -0.4 is 5.32 Å². The first-order valence-electron chi connectivity index (χ1n) is 5.33. The van der Waals surface area contributed by atoms with Gasteiger partial charge in [0.05, 0.1) is 11.2 Å². The number of aromatic amines is 1. The molecule has 0 aliphatic rings. The van der Waals surface area contributed by atoms with Crippen LogP contribution in [0.4, 0.5) is 11.6 Å². The highest BCUT2D eigenvalue weighted by Gasteiger charge is 2.10. The number of benzene rings is 1. The summed E-state index contributed by atoms with van der Waals surface area (Å²) >= 11 is 7.56. The van der Waals surface area contributed by atoms with Gasteiger partial charge in [0.2, 0.25) is 5.95 Å². The first-order chi connectivity index (χ1) is 8.65. The Morgan fingerprint density at radius 2 is 2.28 bits per heavy atom. The first kappa shape index (κ1) is 11.4. The number of H-pyrrole nitrogens is 1. The largest absolute Gasteiger partial charge is 0.506 e. The Morgan fingerprint density at radius 3 is 2.94 bits per heavy atom. The van der Waals surface area contributed by atoms with E-state index in [1.165, 1.54) is 11.3 Å². The van der Waals surface area contributed by atoms with Gasteiger partial charge in [0, 0.05) is 0 Å². The highest BCUT2D eigenvalue weighted by Crippen LogP contribution is 2.34. The topological polar surface area (TPSA) is 60.9 Å². The maximum absolute atomic E-state index is 9.69. The summed E-state index contributed by atoms with van der Waals surface area (Å²) in [5.74, 6) is 0.722. The average Bonchev–Trinajstić information content (AvgIpc) is 2.89. The third-order valence-electron chi connectivity index (χ3n) is 2.66. The van der Waals surface area contributed by atoms with Crippen LogP contribution in [0.2, 0.25) is 4.34 Å². The predicted octanol–water partition coefficient (Wildman–Crippen LogP) is 4.04. The van der Waals surface area contributed by atoms with Crippen molar-refractivity contribution >= 4 is 45.6 Å². The smallest absolute Gasteiger partial charge is 0.205 e. The van der Waals surface area contributed by atoms with Gasteiger partial charge in [0.15, 0.2) is 0 Å². The van der Waals surface area contributed by atoms with E-state index < -0.39 is 0 Å². The number of halogens is 1. The summed E-state index contributed by atoms with van der Waals surface area (Å²) in [4.78, 5) is 7.39. The Morgan fingerprint density at radius 1 is 1.44 bits per heavy atom. The van der Waals surface area contributed by atoms with Gasteiger partial charge in [-0.25, -0.2) is 4.98 Å². The number of aryl methyl sites for hydroxylation is 1. The minimum Gasteiger partial charge on any atom is -0.506 e. The number of hydrogen-bond acceptors (Lipinski definition) is 4. The monoisotopic (exact) mass is 279 g/mol. The SMILES string of the molecule is Cc1csc(Cl)c1Nc1nc2c(O)cccc2[nH]1. The molecule has 92 valence electrons. The Labute approximate surface area is 112 Å². The van der Waals surface area contributed by atoms with E-state index in [4.69, 9.17) is 11.6 Å². The van der Waals surface area contributed by atoms with E-state index in [-0.39, 0.29) is 5.75 Å². The van der Waals surface area contributed by atoms with E-state index in [0.717, 1.165) is 16.8 Å². The first-order valence-corrected chi connectivity index (χ1v) is 6.59. The van der Waals surface area contributed by atoms with Gasteiger partial charge < -0.3 is 15.4 Å². The van der Waals surface area contributed by atoms with Gasteiger partial charge in [0.1, 0.15) is 15.6 Å². The second kappa shape index (κ2) is 4.19. The molecule has 0 unspecified atom stereocenters. The molecular weight excluding hydrogens is 270 g/mol. The molecule has 0 saturated heterocycles. The number of nitrogens with one attached hydrogen (secondary N) is 2. The molecule has 0 atom stereocenters. The molecule has 0 amide bonds. The van der Waals surface area contributed by atoms with Crippen LogP contribution >= 0.6 is 22.9 Å². The second-order valence-electron chi connectivity index (χ2n) is 3.95. The summed E-state index contributed by atoms with van der Waals surface area (Å²) < 4.78 is 0.692. The average molecular weight is 280 g/mol. The van der Waals surface area contributed by atoms with Crippen LogP contribution in [0.3, 0.4) is 0 Å². The lowest BCUT2D eigenvalue weighted by atomic mass is 10.3. The molecule has 3 rings (SSSR count). The molecule has 0 aliphatic heterocycles. The van der Waals surface area contributed by atoms with Gasteiger partial charge in [-0.2, -0.15) is 0 Å². The van der Waals surface area contributed by atoms with Crippen molar-refractivity contribution in [2.75, 3.05) is 5.32 Å². The van der Waals surface area contributed by atoms with Gasteiger partial charge in [-0.05, 0) is 30.0 Å². The van der Waals surface area contributed by atoms with Gasteiger partial charge in [-0.3, -0.25) is 0 Å². The molecule has 18 heavy (non-hydrogen) atoms. The molecule has 0 aliphatic carbocycles. The number of hydrogen-bond donors (Lipinski definition) is 3. The fourth-order valence-electron chi connectivity index (χ4n) is 1.76. The van der Waals surface area contributed by atoms with Crippen molar-refractivity contribution in [3.8, 4) is 5.75 Å². The Kier molecular flexibility index (Phi) is 2.65. The van der Waals surface area contributed by atoms with Crippen LogP contribution in [0.25, 0.3) is 11.0 Å². The molecule has 0 radical (unpaired) electrons. The third-order valence-corrected chi connectivity index (χ3v) is 4.00. The molecule has 2 heterocycles. The molecule has 0 bridgehead atoms. The molecule has 2 aromatic heterocycles. The zero-order chi connectivity index (χ0) is 12.7. The standard InChI is InChI=1S/C12H10ClN3OS/c1-6-5-18-11(13)9(6)15-12-14-7-3-2-4-8(17)10(7)16-12/h2-5,17H,1H3,(H2,14,15,16). The lowest BCUT2D eigenvalue weighted by molar-refractivity contribution is 0.480. The zero-order valence-corrected chi connectivity index (χ0v) is 11.1. The number of aromatic hydroxyl groups is 1. The van der Waals surface area contributed by atoms with Gasteiger partial charge in [0.25, 0.3) is 0 Å². The van der Waals surface area contributed by atoms with Crippen molar-refractivity contribution in [1.82, 2.24) is 9.97 Å². The molecule has 3 N–H and O–H groups in total. The van der Waals surface area contributed by atoms with E-state index >= 15 is 0 Å². The second-order valence-corrected chi connectivity index (χ2v) is 5.43. The number of phenols is 1. The highest BCUT2D eigenvalue weighted by molar-refractivity contribution is 7.15. The minimum absolute atomic E-state index is 0.157. The van der Waals surface area contributed by atoms with Crippen LogP contribution in [0, 0.1) is 6.92 Å². The molecule has 0 fully saturated rings. The predicted molar refractivity (Wildman–Crippen MR) is 75.1 cm³/mol. The van der Waals surface area contributed by atoms with Gasteiger partial charge in [-0.15, -0.1) is 11.3 Å². The molecule has 0 saturated carbocycles. The van der Waals surface area contributed by atoms with Crippen LogP contribution in [0.15, 0.2) is 23.6 Å². The van der Waals surface area contributed by atoms with Crippen LogP contribution in [0.5, 0.6) is 5.75 Å². The summed E-state index contributed by atoms with van der Waals surface area (Å²) in [6.45, 7) is 1.98. The Balaban J connectivity index is 2.03. The quantitative estimate of drug-likeness (QED) is 0.663. The molecule has 3 aromatic rings. The zero-order valence-electron chi connectivity index (χ0n) is 9.49. The summed E-state index contributed by atoms with van der Waals surface area (Å²) in [6, 6.07) is 5.23. The van der Waals surface area contributed by atoms with Crippen molar-refractivity contribution in [3.63, 3.8) is 0 Å². The van der Waals surface area contributed by atoms with E-state index in [2.05, 4.69) is 15.3 Å². The van der Waals surface area contributed by atoms with Crippen molar-refractivity contribution in [2.24, 2.45) is 0 Å². The summed E-state index contributed by atoms with van der Waals surface area (Å²) in [7, 11) is 0. The molecular formula is C12H10ClN3OS. The van der Waals surface area contributed by atoms with E-state index in [1.807, 2.05) is 18.4 Å². The number of thiophene rings is 1. The summed E-state index contributed by atoms with van der Waals surface area (Å²) in [5.41, 5.74) is 3.24. The fourth-order valence-corrected chi connectivity index (χ4v) is 2.81. The van der Waals surface area contributed by atoms with Crippen LogP contribution in [-0.4, -0.2) is 15.1 Å². The van der Waals surface area contributed by atoms with Crippen molar-refractivity contribution < 1.29 is 5.11 Å². The van der Waals surface area contributed by atoms with Crippen molar-refractivity contribution in [3.05, 3.63) is 33.5 Å². The van der Waals surface area contributed by atoms with Crippen molar-refractivity contribution in [2.45, 2.75) is 6.92 Å². The van der Waals surface area contributed by atoms with Crippen LogP contribution in [-0.2, 0) is 0 Å². The number of para-hydroxylation sites is 1. The lowest BCUT2D eigenvalue weighted by Crippen LogP contribution is -1.92. The highest BCUT2D eigenvalue weighted by atomic mass is 35.5. The number of nitrogens with zero attached hydrogens (tertiary/aromatic N) is 1. The Hall–Kier alpha value is -1.72. The minimum atomic E-state index is 0.157. The van der Waals surface area contributed by atoms with E-state index in [0.29, 0.717) is 15.8 Å². The van der Waals surface area contributed by atoms with E-state index in [1.54, 1.807) is 12.1 Å². The lowest BCUT2D eigenvalue weighted by Gasteiger charge is -2.01. The number of aromatic nitrogens is 2. The number of phenolic OH excluding ortho intramolecular Hbond substituents is 1. The number of imidazole rings is 1. The molecule has 0 spiro atoms. The maximum atomic E-state index is 9.69. The Bertz CT molecular complexity index is 700.